The fourth-order valence-corrected chi connectivity index (χ4v) is 10.0. The monoisotopic (exact) mass is 756 g/mol. The summed E-state index contributed by atoms with van der Waals surface area (Å²) in [4.78, 5) is 17.8. The Morgan fingerprint density at radius 1 is 0.379 bits per heavy atom. The second kappa shape index (κ2) is 13.7. The zero-order valence-electron chi connectivity index (χ0n) is 31.2. The molecule has 0 fully saturated rings. The van der Waals surface area contributed by atoms with Crippen molar-refractivity contribution in [1.82, 2.24) is 15.0 Å². The Morgan fingerprint density at radius 2 is 0.862 bits per heavy atom. The van der Waals surface area contributed by atoms with Crippen molar-refractivity contribution in [2.24, 2.45) is 0 Å². The van der Waals surface area contributed by atoms with Gasteiger partial charge < -0.3 is 0 Å². The van der Waals surface area contributed by atoms with Crippen molar-refractivity contribution < 1.29 is 0 Å². The van der Waals surface area contributed by atoms with Crippen LogP contribution in [0.2, 0.25) is 0 Å². The van der Waals surface area contributed by atoms with Crippen LogP contribution in [0.5, 0.6) is 0 Å². The Kier molecular flexibility index (Phi) is 7.99. The molecule has 0 saturated heterocycles. The molecule has 58 heavy (non-hydrogen) atoms. The highest BCUT2D eigenvalue weighted by Crippen LogP contribution is 2.63. The minimum Gasteiger partial charge on any atom is -0.208 e. The summed E-state index contributed by atoms with van der Waals surface area (Å²) in [6, 6.07) is 70.5. The quantitative estimate of drug-likeness (QED) is 0.175. The van der Waals surface area contributed by atoms with E-state index in [1.54, 1.807) is 0 Å². The molecular formula is C53H32N4S. The molecule has 1 aliphatic heterocycles. The van der Waals surface area contributed by atoms with E-state index in [2.05, 4.69) is 115 Å². The normalized spacial score (nSPS) is 12.9. The molecule has 5 heteroatoms. The zero-order valence-corrected chi connectivity index (χ0v) is 32.0. The molecule has 4 nitrogen and oxygen atoms in total. The minimum absolute atomic E-state index is 0.538. The molecule has 2 heterocycles. The lowest BCUT2D eigenvalue weighted by Gasteiger charge is -2.39. The zero-order chi connectivity index (χ0) is 38.6. The molecule has 0 bridgehead atoms. The first-order chi connectivity index (χ1) is 28.7. The van der Waals surface area contributed by atoms with Gasteiger partial charge in [-0.15, -0.1) is 0 Å². The van der Waals surface area contributed by atoms with Gasteiger partial charge in [-0.2, -0.15) is 5.26 Å². The van der Waals surface area contributed by atoms with Gasteiger partial charge in [-0.25, -0.2) is 15.0 Å². The summed E-state index contributed by atoms with van der Waals surface area (Å²) in [5.74, 6) is 1.90. The topological polar surface area (TPSA) is 62.5 Å². The minimum atomic E-state index is -0.538. The van der Waals surface area contributed by atoms with E-state index < -0.39 is 5.41 Å². The molecule has 8 aromatic carbocycles. The van der Waals surface area contributed by atoms with Gasteiger partial charge in [-0.1, -0.05) is 176 Å². The summed E-state index contributed by atoms with van der Waals surface area (Å²) < 4.78 is 0. The van der Waals surface area contributed by atoms with Crippen LogP contribution in [0.25, 0.3) is 67.5 Å². The number of nitriles is 1. The molecule has 1 aromatic heterocycles. The highest BCUT2D eigenvalue weighted by Gasteiger charge is 2.50. The first kappa shape index (κ1) is 33.9. The van der Waals surface area contributed by atoms with Crippen LogP contribution in [0.4, 0.5) is 0 Å². The Bertz CT molecular complexity index is 2980. The van der Waals surface area contributed by atoms with Gasteiger partial charge in [0.25, 0.3) is 0 Å². The molecule has 0 amide bonds. The molecule has 0 unspecified atom stereocenters. The molecule has 9 aromatic rings. The largest absolute Gasteiger partial charge is 0.208 e. The van der Waals surface area contributed by atoms with E-state index in [9.17, 15) is 5.26 Å². The van der Waals surface area contributed by atoms with Crippen LogP contribution in [-0.4, -0.2) is 15.0 Å². The van der Waals surface area contributed by atoms with Crippen LogP contribution in [0.1, 0.15) is 27.8 Å². The van der Waals surface area contributed by atoms with Gasteiger partial charge in [0.15, 0.2) is 17.5 Å². The molecule has 11 rings (SSSR count). The van der Waals surface area contributed by atoms with Crippen LogP contribution in [0.3, 0.4) is 0 Å². The van der Waals surface area contributed by atoms with E-state index in [4.69, 9.17) is 15.0 Å². The van der Waals surface area contributed by atoms with E-state index in [0.717, 1.165) is 38.9 Å². The van der Waals surface area contributed by atoms with Crippen LogP contribution in [-0.2, 0) is 5.41 Å². The summed E-state index contributed by atoms with van der Waals surface area (Å²) in [7, 11) is 0. The maximum atomic E-state index is 9.35. The van der Waals surface area contributed by atoms with Crippen molar-refractivity contribution in [3.05, 3.63) is 222 Å². The second-order valence-electron chi connectivity index (χ2n) is 14.6. The van der Waals surface area contributed by atoms with Crippen molar-refractivity contribution in [2.45, 2.75) is 15.2 Å². The third-order valence-electron chi connectivity index (χ3n) is 11.5. The Balaban J connectivity index is 1.16. The fraction of sp³-hybridized carbons (Fsp3) is 0.0189. The predicted octanol–water partition coefficient (Wildman–Crippen LogP) is 12.9. The van der Waals surface area contributed by atoms with Crippen LogP contribution in [0, 0.1) is 11.3 Å². The summed E-state index contributed by atoms with van der Waals surface area (Å²) in [6.07, 6.45) is 0. The molecule has 2 aliphatic rings. The Labute approximate surface area is 341 Å². The van der Waals surface area contributed by atoms with Gasteiger partial charge >= 0.3 is 0 Å². The standard InChI is InChI=1S/C53H32N4S/c54-33-34-22-24-35(25-23-34)36-26-28-37(29-27-36)41-16-11-19-46-49(41)42-32-40(52-56-50(38-12-3-1-4-13-38)55-51(57-52)39-14-5-2-6-15-39)30-31-43(42)53(46)44-17-7-9-20-47(44)58-48-21-10-8-18-45(48)53/h1-32H. The molecule has 0 radical (unpaired) electrons. The van der Waals surface area contributed by atoms with Crippen molar-refractivity contribution >= 4 is 11.8 Å². The SMILES string of the molecule is N#Cc1ccc(-c2ccc(-c3cccc4c3-c3cc(-c5nc(-c6ccccc6)nc(-c6ccccc6)n5)ccc3C43c4ccccc4Sc4ccccc43)cc2)cc1. The predicted molar refractivity (Wildman–Crippen MR) is 233 cm³/mol. The van der Waals surface area contributed by atoms with Crippen LogP contribution >= 0.6 is 11.8 Å². The summed E-state index contributed by atoms with van der Waals surface area (Å²) in [5.41, 5.74) is 14.9. The lowest BCUT2D eigenvalue weighted by molar-refractivity contribution is 0.722. The van der Waals surface area contributed by atoms with E-state index in [0.29, 0.717) is 23.0 Å². The molecule has 1 spiro atoms. The molecule has 0 saturated carbocycles. The number of hydrogen-bond acceptors (Lipinski definition) is 5. The first-order valence-corrected chi connectivity index (χ1v) is 20.1. The van der Waals surface area contributed by atoms with E-state index >= 15 is 0 Å². The molecule has 0 N–H and O–H groups in total. The molecule has 0 atom stereocenters. The van der Waals surface area contributed by atoms with Crippen molar-refractivity contribution in [2.75, 3.05) is 0 Å². The number of rotatable bonds is 5. The van der Waals surface area contributed by atoms with Gasteiger partial charge in [0, 0.05) is 26.5 Å². The number of hydrogen-bond donors (Lipinski definition) is 0. The van der Waals surface area contributed by atoms with Gasteiger partial charge in [0.05, 0.1) is 17.0 Å². The third kappa shape index (κ3) is 5.34. The van der Waals surface area contributed by atoms with Crippen LogP contribution < -0.4 is 0 Å². The number of fused-ring (bicyclic) bond motifs is 9. The summed E-state index contributed by atoms with van der Waals surface area (Å²) in [6.45, 7) is 0. The van der Waals surface area contributed by atoms with Gasteiger partial charge in [-0.3, -0.25) is 0 Å². The number of aromatic nitrogens is 3. The third-order valence-corrected chi connectivity index (χ3v) is 12.6. The lowest BCUT2D eigenvalue weighted by Crippen LogP contribution is -2.31. The van der Waals surface area contributed by atoms with Crippen molar-refractivity contribution in [1.29, 1.82) is 5.26 Å². The van der Waals surface area contributed by atoms with Gasteiger partial charge in [-0.05, 0) is 86.0 Å². The van der Waals surface area contributed by atoms with Crippen molar-refractivity contribution in [3.8, 4) is 73.6 Å². The number of benzene rings is 8. The lowest BCUT2D eigenvalue weighted by atomic mass is 9.67. The van der Waals surface area contributed by atoms with Gasteiger partial charge in [0.1, 0.15) is 0 Å². The Morgan fingerprint density at radius 3 is 1.45 bits per heavy atom. The van der Waals surface area contributed by atoms with E-state index in [1.807, 2.05) is 96.7 Å². The summed E-state index contributed by atoms with van der Waals surface area (Å²) in [5, 5.41) is 9.35. The average Bonchev–Trinajstić information content (AvgIpc) is 3.59. The fourth-order valence-electron chi connectivity index (χ4n) is 8.85. The first-order valence-electron chi connectivity index (χ1n) is 19.3. The number of nitrogens with zero attached hydrogens (tertiary/aromatic N) is 4. The molecule has 1 aliphatic carbocycles. The van der Waals surface area contributed by atoms with E-state index in [1.165, 1.54) is 43.2 Å². The smallest absolute Gasteiger partial charge is 0.164 e. The van der Waals surface area contributed by atoms with Crippen LogP contribution in [0.15, 0.2) is 204 Å². The highest BCUT2D eigenvalue weighted by atomic mass is 32.2. The summed E-state index contributed by atoms with van der Waals surface area (Å²) >= 11 is 1.85. The van der Waals surface area contributed by atoms with Crippen molar-refractivity contribution in [3.63, 3.8) is 0 Å². The van der Waals surface area contributed by atoms with Gasteiger partial charge in [0.2, 0.25) is 0 Å². The maximum absolute atomic E-state index is 9.35. The maximum Gasteiger partial charge on any atom is 0.164 e. The molecular weight excluding hydrogens is 725 g/mol. The highest BCUT2D eigenvalue weighted by molar-refractivity contribution is 7.99. The average molecular weight is 757 g/mol. The second-order valence-corrected chi connectivity index (χ2v) is 15.7. The Hall–Kier alpha value is -7.39. The molecule has 270 valence electrons. The van der Waals surface area contributed by atoms with E-state index in [-0.39, 0.29) is 0 Å².